The Bertz CT molecular complexity index is 465. The summed E-state index contributed by atoms with van der Waals surface area (Å²) in [6.07, 6.45) is 1.91. The molecule has 0 bridgehead atoms. The number of aliphatic hydroxyl groups is 1. The lowest BCUT2D eigenvalue weighted by Crippen LogP contribution is -2.03. The third kappa shape index (κ3) is 2.41. The van der Waals surface area contributed by atoms with Crippen LogP contribution in [0.1, 0.15) is 11.3 Å². The number of nitrogens with zero attached hydrogens (tertiary/aromatic N) is 2. The molecule has 0 spiro atoms. The van der Waals surface area contributed by atoms with Crippen LogP contribution in [0.25, 0.3) is 0 Å². The summed E-state index contributed by atoms with van der Waals surface area (Å²) in [6, 6.07) is 9.68. The number of hydrogen-bond donors (Lipinski definition) is 2. The van der Waals surface area contributed by atoms with Crippen LogP contribution in [-0.4, -0.2) is 14.9 Å². The number of hydrogen-bond acceptors (Lipinski definition) is 3. The number of rotatable bonds is 4. The number of aliphatic hydroxyl groups excluding tert-OH is 1. The molecule has 84 valence electrons. The fourth-order valence-electron chi connectivity index (χ4n) is 1.57. The van der Waals surface area contributed by atoms with Crippen LogP contribution in [0.15, 0.2) is 36.5 Å². The molecule has 0 fully saturated rings. The molecular formula is C12H15N3O. The summed E-state index contributed by atoms with van der Waals surface area (Å²) in [5, 5.41) is 16.7. The van der Waals surface area contributed by atoms with E-state index in [1.54, 1.807) is 4.68 Å². The number of aryl methyl sites for hydroxylation is 1. The number of anilines is 1. The van der Waals surface area contributed by atoms with Crippen molar-refractivity contribution in [1.29, 1.82) is 0 Å². The monoisotopic (exact) mass is 217 g/mol. The maximum absolute atomic E-state index is 9.16. The molecule has 4 heteroatoms. The highest BCUT2D eigenvalue weighted by Crippen LogP contribution is 2.15. The van der Waals surface area contributed by atoms with Crippen LogP contribution in [0.2, 0.25) is 0 Å². The molecule has 1 heterocycles. The van der Waals surface area contributed by atoms with Gasteiger partial charge in [0, 0.05) is 24.5 Å². The van der Waals surface area contributed by atoms with E-state index >= 15 is 0 Å². The van der Waals surface area contributed by atoms with Gasteiger partial charge in [0.05, 0.1) is 18.8 Å². The van der Waals surface area contributed by atoms with E-state index in [1.165, 1.54) is 0 Å². The van der Waals surface area contributed by atoms with Gasteiger partial charge in [0.15, 0.2) is 0 Å². The first kappa shape index (κ1) is 10.7. The Hall–Kier alpha value is -1.81. The third-order valence-corrected chi connectivity index (χ3v) is 2.42. The van der Waals surface area contributed by atoms with Crippen molar-refractivity contribution in [1.82, 2.24) is 9.78 Å². The van der Waals surface area contributed by atoms with Crippen molar-refractivity contribution in [2.24, 2.45) is 7.05 Å². The Morgan fingerprint density at radius 3 is 2.81 bits per heavy atom. The van der Waals surface area contributed by atoms with Gasteiger partial charge in [-0.2, -0.15) is 5.10 Å². The average molecular weight is 217 g/mol. The molecule has 1 aromatic carbocycles. The molecule has 0 saturated carbocycles. The Morgan fingerprint density at radius 1 is 1.31 bits per heavy atom. The molecule has 0 aliphatic carbocycles. The second-order valence-corrected chi connectivity index (χ2v) is 3.65. The number of aromatic nitrogens is 2. The third-order valence-electron chi connectivity index (χ3n) is 2.42. The van der Waals surface area contributed by atoms with Crippen molar-refractivity contribution in [3.8, 4) is 0 Å². The van der Waals surface area contributed by atoms with E-state index in [0.29, 0.717) is 6.54 Å². The molecule has 4 nitrogen and oxygen atoms in total. The summed E-state index contributed by atoms with van der Waals surface area (Å²) in [6.45, 7) is 0.712. The van der Waals surface area contributed by atoms with Crippen molar-refractivity contribution in [2.45, 2.75) is 13.2 Å². The molecule has 16 heavy (non-hydrogen) atoms. The summed E-state index contributed by atoms with van der Waals surface area (Å²) in [5.74, 6) is 0. The van der Waals surface area contributed by atoms with Gasteiger partial charge >= 0.3 is 0 Å². The first-order valence-electron chi connectivity index (χ1n) is 5.21. The SMILES string of the molecule is Cn1ccc(CNc2ccccc2CO)n1. The minimum atomic E-state index is 0.0470. The minimum absolute atomic E-state index is 0.0470. The molecule has 2 aromatic rings. The fourth-order valence-corrected chi connectivity index (χ4v) is 1.57. The zero-order chi connectivity index (χ0) is 11.4. The minimum Gasteiger partial charge on any atom is -0.392 e. The van der Waals surface area contributed by atoms with Crippen molar-refractivity contribution in [3.05, 3.63) is 47.8 Å². The zero-order valence-electron chi connectivity index (χ0n) is 9.22. The topological polar surface area (TPSA) is 50.1 Å². The Kier molecular flexibility index (Phi) is 3.22. The van der Waals surface area contributed by atoms with Crippen LogP contribution in [0, 0.1) is 0 Å². The van der Waals surface area contributed by atoms with Gasteiger partial charge in [-0.15, -0.1) is 0 Å². The first-order chi connectivity index (χ1) is 7.79. The molecule has 0 saturated heterocycles. The largest absolute Gasteiger partial charge is 0.392 e. The normalized spacial score (nSPS) is 10.4. The van der Waals surface area contributed by atoms with Crippen LogP contribution < -0.4 is 5.32 Å². The van der Waals surface area contributed by atoms with E-state index < -0.39 is 0 Å². The highest BCUT2D eigenvalue weighted by Gasteiger charge is 2.01. The van der Waals surface area contributed by atoms with E-state index in [2.05, 4.69) is 10.4 Å². The van der Waals surface area contributed by atoms with Crippen LogP contribution >= 0.6 is 0 Å². The van der Waals surface area contributed by atoms with E-state index in [0.717, 1.165) is 16.9 Å². The van der Waals surface area contributed by atoms with E-state index in [-0.39, 0.29) is 6.61 Å². The molecular weight excluding hydrogens is 202 g/mol. The molecule has 0 amide bonds. The van der Waals surface area contributed by atoms with Gasteiger partial charge in [0.1, 0.15) is 0 Å². The van der Waals surface area contributed by atoms with E-state index in [9.17, 15) is 0 Å². The summed E-state index contributed by atoms with van der Waals surface area (Å²) in [7, 11) is 1.89. The van der Waals surface area contributed by atoms with Crippen molar-refractivity contribution in [3.63, 3.8) is 0 Å². The summed E-state index contributed by atoms with van der Waals surface area (Å²) < 4.78 is 1.77. The van der Waals surface area contributed by atoms with Crippen LogP contribution in [0.4, 0.5) is 5.69 Å². The van der Waals surface area contributed by atoms with Crippen molar-refractivity contribution in [2.75, 3.05) is 5.32 Å². The summed E-state index contributed by atoms with van der Waals surface area (Å²) in [4.78, 5) is 0. The summed E-state index contributed by atoms with van der Waals surface area (Å²) >= 11 is 0. The van der Waals surface area contributed by atoms with Crippen molar-refractivity contribution < 1.29 is 5.11 Å². The lowest BCUT2D eigenvalue weighted by Gasteiger charge is -2.08. The second-order valence-electron chi connectivity index (χ2n) is 3.65. The molecule has 0 atom stereocenters. The van der Waals surface area contributed by atoms with Gasteiger partial charge < -0.3 is 10.4 Å². The molecule has 0 aliphatic heterocycles. The zero-order valence-corrected chi connectivity index (χ0v) is 9.22. The predicted octanol–water partition coefficient (Wildman–Crippen LogP) is 1.52. The maximum Gasteiger partial charge on any atom is 0.0815 e. The molecule has 1 aromatic heterocycles. The Morgan fingerprint density at radius 2 is 2.12 bits per heavy atom. The fraction of sp³-hybridized carbons (Fsp3) is 0.250. The predicted molar refractivity (Wildman–Crippen MR) is 62.9 cm³/mol. The molecule has 0 unspecified atom stereocenters. The second kappa shape index (κ2) is 4.81. The molecule has 0 radical (unpaired) electrons. The quantitative estimate of drug-likeness (QED) is 0.816. The van der Waals surface area contributed by atoms with Gasteiger partial charge in [0.2, 0.25) is 0 Å². The van der Waals surface area contributed by atoms with Gasteiger partial charge in [-0.05, 0) is 12.1 Å². The molecule has 2 N–H and O–H groups in total. The standard InChI is InChI=1S/C12H15N3O/c1-15-7-6-11(14-15)8-13-12-5-3-2-4-10(12)9-16/h2-7,13,16H,8-9H2,1H3. The number of benzene rings is 1. The lowest BCUT2D eigenvalue weighted by molar-refractivity contribution is 0.282. The highest BCUT2D eigenvalue weighted by atomic mass is 16.3. The van der Waals surface area contributed by atoms with Crippen LogP contribution in [0.3, 0.4) is 0 Å². The van der Waals surface area contributed by atoms with Crippen LogP contribution in [0.5, 0.6) is 0 Å². The van der Waals surface area contributed by atoms with Gasteiger partial charge in [-0.25, -0.2) is 0 Å². The smallest absolute Gasteiger partial charge is 0.0815 e. The molecule has 0 aliphatic rings. The van der Waals surface area contributed by atoms with Gasteiger partial charge in [-0.3, -0.25) is 4.68 Å². The van der Waals surface area contributed by atoms with Gasteiger partial charge in [-0.1, -0.05) is 18.2 Å². The number of para-hydroxylation sites is 1. The first-order valence-corrected chi connectivity index (χ1v) is 5.21. The highest BCUT2D eigenvalue weighted by molar-refractivity contribution is 5.50. The average Bonchev–Trinajstić information content (AvgIpc) is 2.73. The van der Waals surface area contributed by atoms with Crippen LogP contribution in [-0.2, 0) is 20.2 Å². The number of nitrogens with one attached hydrogen (secondary N) is 1. The van der Waals surface area contributed by atoms with Crippen molar-refractivity contribution >= 4 is 5.69 Å². The Balaban J connectivity index is 2.04. The maximum atomic E-state index is 9.16. The molecule has 2 rings (SSSR count). The lowest BCUT2D eigenvalue weighted by atomic mass is 10.2. The van der Waals surface area contributed by atoms with Gasteiger partial charge in [0.25, 0.3) is 0 Å². The Labute approximate surface area is 94.5 Å². The van der Waals surface area contributed by atoms with E-state index in [1.807, 2.05) is 43.6 Å². The van der Waals surface area contributed by atoms with E-state index in [4.69, 9.17) is 5.11 Å². The summed E-state index contributed by atoms with van der Waals surface area (Å²) in [5.41, 5.74) is 2.84.